The summed E-state index contributed by atoms with van der Waals surface area (Å²) in [5, 5.41) is 6.48. The van der Waals surface area contributed by atoms with Crippen molar-refractivity contribution in [1.82, 2.24) is 15.6 Å². The molecule has 7 heteroatoms. The molecule has 0 amide bonds. The SMILES string of the molecule is CCNC(=NCc1cccc(OCCCOC)c1)NCc1nc(C)c(C)o1. The van der Waals surface area contributed by atoms with Crippen LogP contribution in [-0.4, -0.2) is 37.8 Å². The van der Waals surface area contributed by atoms with E-state index in [2.05, 4.69) is 20.6 Å². The third-order valence-electron chi connectivity index (χ3n) is 3.90. The topological polar surface area (TPSA) is 80.9 Å². The molecule has 0 aliphatic heterocycles. The summed E-state index contributed by atoms with van der Waals surface area (Å²) in [6.07, 6.45) is 0.868. The van der Waals surface area contributed by atoms with Gasteiger partial charge in [-0.2, -0.15) is 0 Å². The summed E-state index contributed by atoms with van der Waals surface area (Å²) in [5.74, 6) is 3.07. The highest BCUT2D eigenvalue weighted by molar-refractivity contribution is 5.79. The molecule has 0 saturated heterocycles. The molecular formula is C20H30N4O3. The summed E-state index contributed by atoms with van der Waals surface area (Å²) in [7, 11) is 1.69. The van der Waals surface area contributed by atoms with Gasteiger partial charge < -0.3 is 24.5 Å². The van der Waals surface area contributed by atoms with Crippen LogP contribution in [0.4, 0.5) is 0 Å². The van der Waals surface area contributed by atoms with Crippen molar-refractivity contribution in [3.8, 4) is 5.75 Å². The Kier molecular flexibility index (Phi) is 8.64. The van der Waals surface area contributed by atoms with E-state index in [1.165, 1.54) is 0 Å². The van der Waals surface area contributed by atoms with Gasteiger partial charge in [0.25, 0.3) is 0 Å². The number of benzene rings is 1. The maximum Gasteiger partial charge on any atom is 0.214 e. The van der Waals surface area contributed by atoms with Gasteiger partial charge in [-0.05, 0) is 38.5 Å². The molecule has 1 heterocycles. The molecule has 7 nitrogen and oxygen atoms in total. The van der Waals surface area contributed by atoms with E-state index in [-0.39, 0.29) is 0 Å². The molecule has 0 aliphatic rings. The molecular weight excluding hydrogens is 344 g/mol. The number of methoxy groups -OCH3 is 1. The Bertz CT molecular complexity index is 708. The number of ether oxygens (including phenoxy) is 2. The van der Waals surface area contributed by atoms with Crippen molar-refractivity contribution in [2.45, 2.75) is 40.3 Å². The first-order chi connectivity index (χ1) is 13.1. The van der Waals surface area contributed by atoms with Crippen molar-refractivity contribution < 1.29 is 13.9 Å². The number of aryl methyl sites for hydroxylation is 2. The number of hydrogen-bond donors (Lipinski definition) is 2. The lowest BCUT2D eigenvalue weighted by atomic mass is 10.2. The number of aliphatic imine (C=N–C) groups is 1. The van der Waals surface area contributed by atoms with Gasteiger partial charge in [0.15, 0.2) is 5.96 Å². The minimum atomic E-state index is 0.489. The van der Waals surface area contributed by atoms with Crippen LogP contribution in [0.1, 0.15) is 36.3 Å². The first-order valence-corrected chi connectivity index (χ1v) is 9.28. The van der Waals surface area contributed by atoms with Crippen LogP contribution < -0.4 is 15.4 Å². The van der Waals surface area contributed by atoms with E-state index in [1.54, 1.807) is 7.11 Å². The van der Waals surface area contributed by atoms with E-state index in [9.17, 15) is 0 Å². The van der Waals surface area contributed by atoms with E-state index >= 15 is 0 Å². The second kappa shape index (κ2) is 11.2. The first-order valence-electron chi connectivity index (χ1n) is 9.28. The number of hydrogen-bond acceptors (Lipinski definition) is 5. The van der Waals surface area contributed by atoms with Gasteiger partial charge in [0, 0.05) is 26.7 Å². The summed E-state index contributed by atoms with van der Waals surface area (Å²) in [4.78, 5) is 9.00. The average molecular weight is 374 g/mol. The number of guanidine groups is 1. The lowest BCUT2D eigenvalue weighted by Crippen LogP contribution is -2.36. The van der Waals surface area contributed by atoms with E-state index in [4.69, 9.17) is 13.9 Å². The molecule has 0 aliphatic carbocycles. The predicted octanol–water partition coefficient (Wildman–Crippen LogP) is 2.96. The molecule has 0 bridgehead atoms. The summed E-state index contributed by atoms with van der Waals surface area (Å²) >= 11 is 0. The molecule has 2 aromatic rings. The second-order valence-corrected chi connectivity index (χ2v) is 6.14. The maximum atomic E-state index is 5.74. The van der Waals surface area contributed by atoms with Crippen LogP contribution in [0.5, 0.6) is 5.75 Å². The van der Waals surface area contributed by atoms with Gasteiger partial charge in [-0.25, -0.2) is 9.98 Å². The van der Waals surface area contributed by atoms with Crippen molar-refractivity contribution in [2.24, 2.45) is 4.99 Å². The Hall–Kier alpha value is -2.54. The predicted molar refractivity (Wildman–Crippen MR) is 106 cm³/mol. The summed E-state index contributed by atoms with van der Waals surface area (Å²) < 4.78 is 16.4. The van der Waals surface area contributed by atoms with Crippen LogP contribution >= 0.6 is 0 Å². The quantitative estimate of drug-likeness (QED) is 0.378. The van der Waals surface area contributed by atoms with Crippen molar-refractivity contribution in [3.63, 3.8) is 0 Å². The van der Waals surface area contributed by atoms with Crippen LogP contribution in [0.15, 0.2) is 33.7 Å². The molecule has 0 atom stereocenters. The van der Waals surface area contributed by atoms with Crippen molar-refractivity contribution in [1.29, 1.82) is 0 Å². The number of aromatic nitrogens is 1. The molecule has 1 aromatic heterocycles. The fourth-order valence-electron chi connectivity index (χ4n) is 2.41. The number of oxazole rings is 1. The normalized spacial score (nSPS) is 11.5. The van der Waals surface area contributed by atoms with Gasteiger partial charge >= 0.3 is 0 Å². The highest BCUT2D eigenvalue weighted by atomic mass is 16.5. The zero-order valence-electron chi connectivity index (χ0n) is 16.7. The third kappa shape index (κ3) is 7.30. The molecule has 2 N–H and O–H groups in total. The van der Waals surface area contributed by atoms with Crippen LogP contribution in [0.2, 0.25) is 0 Å². The van der Waals surface area contributed by atoms with Crippen LogP contribution in [0.25, 0.3) is 0 Å². The molecule has 0 fully saturated rings. The van der Waals surface area contributed by atoms with Crippen LogP contribution in [0, 0.1) is 13.8 Å². The van der Waals surface area contributed by atoms with Gasteiger partial charge in [0.05, 0.1) is 25.4 Å². The molecule has 0 saturated carbocycles. The van der Waals surface area contributed by atoms with Crippen molar-refractivity contribution in [3.05, 3.63) is 47.2 Å². The molecule has 0 unspecified atom stereocenters. The van der Waals surface area contributed by atoms with Gasteiger partial charge in [-0.1, -0.05) is 12.1 Å². The monoisotopic (exact) mass is 374 g/mol. The fraction of sp³-hybridized carbons (Fsp3) is 0.500. The molecule has 1 aromatic carbocycles. The van der Waals surface area contributed by atoms with Gasteiger partial charge in [-0.15, -0.1) is 0 Å². The van der Waals surface area contributed by atoms with Gasteiger partial charge in [-0.3, -0.25) is 0 Å². The zero-order chi connectivity index (χ0) is 19.5. The maximum absolute atomic E-state index is 5.74. The Balaban J connectivity index is 1.91. The largest absolute Gasteiger partial charge is 0.493 e. The lowest BCUT2D eigenvalue weighted by molar-refractivity contribution is 0.172. The minimum absolute atomic E-state index is 0.489. The summed E-state index contributed by atoms with van der Waals surface area (Å²) in [5.41, 5.74) is 2.00. The Morgan fingerprint density at radius 1 is 1.22 bits per heavy atom. The van der Waals surface area contributed by atoms with E-state index in [0.29, 0.717) is 32.2 Å². The fourth-order valence-corrected chi connectivity index (χ4v) is 2.41. The summed E-state index contributed by atoms with van der Waals surface area (Å²) in [6.45, 7) is 9.03. The molecule has 0 spiro atoms. The standard InChI is InChI=1S/C20H30N4O3/c1-5-21-20(23-14-19-24-15(2)16(3)27-19)22-13-17-8-6-9-18(12-17)26-11-7-10-25-4/h6,8-9,12H,5,7,10-11,13-14H2,1-4H3,(H2,21,22,23). The Morgan fingerprint density at radius 2 is 2.07 bits per heavy atom. The van der Waals surface area contributed by atoms with Gasteiger partial charge in [0.1, 0.15) is 11.5 Å². The van der Waals surface area contributed by atoms with Gasteiger partial charge in [0.2, 0.25) is 5.89 Å². The van der Waals surface area contributed by atoms with E-state index in [0.717, 1.165) is 41.7 Å². The summed E-state index contributed by atoms with van der Waals surface area (Å²) in [6, 6.07) is 7.99. The average Bonchev–Trinajstić information content (AvgIpc) is 2.99. The highest BCUT2D eigenvalue weighted by Gasteiger charge is 2.06. The lowest BCUT2D eigenvalue weighted by Gasteiger charge is -2.10. The molecule has 27 heavy (non-hydrogen) atoms. The Labute approximate surface area is 161 Å². The highest BCUT2D eigenvalue weighted by Crippen LogP contribution is 2.14. The molecule has 2 rings (SSSR count). The zero-order valence-corrected chi connectivity index (χ0v) is 16.7. The number of rotatable bonds is 10. The second-order valence-electron chi connectivity index (χ2n) is 6.14. The van der Waals surface area contributed by atoms with E-state index < -0.39 is 0 Å². The molecule has 0 radical (unpaired) electrons. The number of nitrogens with zero attached hydrogens (tertiary/aromatic N) is 2. The van der Waals surface area contributed by atoms with Crippen LogP contribution in [0.3, 0.4) is 0 Å². The number of nitrogens with one attached hydrogen (secondary N) is 2. The van der Waals surface area contributed by atoms with Crippen molar-refractivity contribution in [2.75, 3.05) is 26.9 Å². The molecule has 148 valence electrons. The van der Waals surface area contributed by atoms with E-state index in [1.807, 2.05) is 45.0 Å². The minimum Gasteiger partial charge on any atom is -0.493 e. The smallest absolute Gasteiger partial charge is 0.214 e. The van der Waals surface area contributed by atoms with Crippen LogP contribution in [-0.2, 0) is 17.8 Å². The van der Waals surface area contributed by atoms with Crippen molar-refractivity contribution >= 4 is 5.96 Å². The first kappa shape index (κ1) is 20.8. The third-order valence-corrected chi connectivity index (χ3v) is 3.90. The Morgan fingerprint density at radius 3 is 2.78 bits per heavy atom.